The molecule has 1 heterocycles. The highest BCUT2D eigenvalue weighted by atomic mass is 16.5. The van der Waals surface area contributed by atoms with Crippen LogP contribution in [0.3, 0.4) is 0 Å². The molecule has 2 amide bonds. The third-order valence-electron chi connectivity index (χ3n) is 5.49. The second-order valence-corrected chi connectivity index (χ2v) is 7.60. The molecule has 0 aliphatic carbocycles. The van der Waals surface area contributed by atoms with Gasteiger partial charge in [-0.3, -0.25) is 9.59 Å². The van der Waals surface area contributed by atoms with Crippen LogP contribution in [-0.2, 0) is 14.3 Å². The van der Waals surface area contributed by atoms with Crippen LogP contribution in [0.4, 0.5) is 5.69 Å². The number of benzene rings is 3. The fourth-order valence-electron chi connectivity index (χ4n) is 3.98. The molecule has 1 N–H and O–H groups in total. The van der Waals surface area contributed by atoms with E-state index in [0.29, 0.717) is 18.7 Å². The first-order chi connectivity index (χ1) is 15.0. The molecular weight excluding hydrogens is 392 g/mol. The van der Waals surface area contributed by atoms with Crippen LogP contribution in [0.15, 0.2) is 66.7 Å². The molecule has 1 fully saturated rings. The van der Waals surface area contributed by atoms with E-state index in [0.717, 1.165) is 22.8 Å². The topological polar surface area (TPSA) is 75.7 Å². The van der Waals surface area contributed by atoms with E-state index in [-0.39, 0.29) is 23.4 Å². The Morgan fingerprint density at radius 2 is 1.77 bits per heavy atom. The Morgan fingerprint density at radius 1 is 1.03 bits per heavy atom. The van der Waals surface area contributed by atoms with Gasteiger partial charge in [0.15, 0.2) is 6.61 Å². The van der Waals surface area contributed by atoms with E-state index in [2.05, 4.69) is 5.32 Å². The van der Waals surface area contributed by atoms with Crippen molar-refractivity contribution >= 4 is 34.2 Å². The summed E-state index contributed by atoms with van der Waals surface area (Å²) >= 11 is 0. The summed E-state index contributed by atoms with van der Waals surface area (Å²) in [4.78, 5) is 38.7. The van der Waals surface area contributed by atoms with Crippen molar-refractivity contribution in [3.63, 3.8) is 0 Å². The van der Waals surface area contributed by atoms with Crippen molar-refractivity contribution in [2.75, 3.05) is 18.1 Å². The molecule has 3 aromatic rings. The maximum absolute atomic E-state index is 12.6. The van der Waals surface area contributed by atoms with Crippen LogP contribution in [0.25, 0.3) is 10.8 Å². The highest BCUT2D eigenvalue weighted by Gasteiger charge is 2.26. The number of anilines is 1. The van der Waals surface area contributed by atoms with Crippen molar-refractivity contribution in [1.29, 1.82) is 0 Å². The minimum Gasteiger partial charge on any atom is -0.452 e. The summed E-state index contributed by atoms with van der Waals surface area (Å²) in [5.41, 5.74) is 1.81. The lowest BCUT2D eigenvalue weighted by atomic mass is 10.00. The maximum atomic E-state index is 12.6. The Hall–Kier alpha value is -3.67. The van der Waals surface area contributed by atoms with Crippen molar-refractivity contribution in [3.8, 4) is 0 Å². The van der Waals surface area contributed by atoms with Gasteiger partial charge >= 0.3 is 5.97 Å². The summed E-state index contributed by atoms with van der Waals surface area (Å²) in [7, 11) is 0. The van der Waals surface area contributed by atoms with E-state index >= 15 is 0 Å². The van der Waals surface area contributed by atoms with Gasteiger partial charge in [-0.1, -0.05) is 54.6 Å². The van der Waals surface area contributed by atoms with E-state index in [1.807, 2.05) is 49.4 Å². The Balaban J connectivity index is 1.40. The van der Waals surface area contributed by atoms with Crippen LogP contribution in [0.5, 0.6) is 0 Å². The monoisotopic (exact) mass is 416 g/mol. The lowest BCUT2D eigenvalue weighted by molar-refractivity contribution is -0.124. The second-order valence-electron chi connectivity index (χ2n) is 7.60. The molecular formula is C25H24N2O4. The van der Waals surface area contributed by atoms with Gasteiger partial charge in [-0.15, -0.1) is 0 Å². The Labute approximate surface area is 180 Å². The number of amides is 2. The molecule has 0 aromatic heterocycles. The summed E-state index contributed by atoms with van der Waals surface area (Å²) in [6.45, 7) is 2.08. The van der Waals surface area contributed by atoms with Crippen molar-refractivity contribution in [3.05, 3.63) is 77.9 Å². The van der Waals surface area contributed by atoms with Crippen LogP contribution in [-0.4, -0.2) is 30.9 Å². The van der Waals surface area contributed by atoms with Gasteiger partial charge in [0.2, 0.25) is 5.91 Å². The maximum Gasteiger partial charge on any atom is 0.340 e. The van der Waals surface area contributed by atoms with Crippen molar-refractivity contribution < 1.29 is 19.1 Å². The van der Waals surface area contributed by atoms with Gasteiger partial charge in [0.1, 0.15) is 0 Å². The largest absolute Gasteiger partial charge is 0.452 e. The molecule has 1 atom stereocenters. The molecule has 3 aromatic carbocycles. The van der Waals surface area contributed by atoms with Crippen LogP contribution >= 0.6 is 0 Å². The van der Waals surface area contributed by atoms with E-state index in [9.17, 15) is 14.4 Å². The highest BCUT2D eigenvalue weighted by Crippen LogP contribution is 2.26. The summed E-state index contributed by atoms with van der Waals surface area (Å²) in [6, 6.07) is 20.5. The summed E-state index contributed by atoms with van der Waals surface area (Å²) in [5, 5.41) is 5.06. The van der Waals surface area contributed by atoms with E-state index in [4.69, 9.17) is 4.74 Å². The molecule has 0 saturated carbocycles. The molecule has 1 saturated heterocycles. The highest BCUT2D eigenvalue weighted by molar-refractivity contribution is 6.04. The van der Waals surface area contributed by atoms with Gasteiger partial charge in [-0.05, 0) is 41.8 Å². The standard InChI is InChI=1S/C25H24N2O4/c1-17(19-12-6-9-18-8-2-3-10-20(18)19)26-23(28)16-31-25(30)21-11-4-5-13-22(21)27-15-7-14-24(27)29/h2-6,8-13,17H,7,14-16H2,1H3,(H,26,28)/t17-/m0/s1. The number of hydrogen-bond donors (Lipinski definition) is 1. The number of nitrogens with zero attached hydrogens (tertiary/aromatic N) is 1. The van der Waals surface area contributed by atoms with Gasteiger partial charge in [0.05, 0.1) is 17.3 Å². The number of hydrogen-bond acceptors (Lipinski definition) is 4. The normalized spacial score (nSPS) is 14.5. The summed E-state index contributed by atoms with van der Waals surface area (Å²) in [6.07, 6.45) is 1.23. The average Bonchev–Trinajstić information content (AvgIpc) is 3.22. The molecule has 1 aliphatic heterocycles. The van der Waals surface area contributed by atoms with Gasteiger partial charge < -0.3 is 15.0 Å². The molecule has 1 aliphatic rings. The van der Waals surface area contributed by atoms with Crippen molar-refractivity contribution in [2.45, 2.75) is 25.8 Å². The summed E-state index contributed by atoms with van der Waals surface area (Å²) < 4.78 is 5.26. The van der Waals surface area contributed by atoms with Gasteiger partial charge in [-0.2, -0.15) is 0 Å². The molecule has 4 rings (SSSR count). The third-order valence-corrected chi connectivity index (χ3v) is 5.49. The Bertz CT molecular complexity index is 1140. The molecule has 31 heavy (non-hydrogen) atoms. The molecule has 0 spiro atoms. The fourth-order valence-corrected chi connectivity index (χ4v) is 3.98. The summed E-state index contributed by atoms with van der Waals surface area (Å²) in [5.74, 6) is -1.02. The first kappa shape index (κ1) is 20.6. The zero-order valence-corrected chi connectivity index (χ0v) is 17.3. The van der Waals surface area contributed by atoms with E-state index < -0.39 is 12.6 Å². The van der Waals surface area contributed by atoms with Crippen LogP contribution < -0.4 is 10.2 Å². The lowest BCUT2D eigenvalue weighted by Crippen LogP contribution is -2.31. The lowest BCUT2D eigenvalue weighted by Gasteiger charge is -2.19. The molecule has 0 radical (unpaired) electrons. The number of nitrogens with one attached hydrogen (secondary N) is 1. The third kappa shape index (κ3) is 4.43. The SMILES string of the molecule is C[C@H](NC(=O)COC(=O)c1ccccc1N1CCCC1=O)c1cccc2ccccc12. The number of fused-ring (bicyclic) bond motifs is 1. The second kappa shape index (κ2) is 9.00. The number of carbonyl (C=O) groups is 3. The van der Waals surface area contributed by atoms with Gasteiger partial charge in [-0.25, -0.2) is 4.79 Å². The van der Waals surface area contributed by atoms with E-state index in [1.165, 1.54) is 0 Å². The number of rotatable bonds is 6. The van der Waals surface area contributed by atoms with Crippen LogP contribution in [0, 0.1) is 0 Å². The molecule has 158 valence electrons. The van der Waals surface area contributed by atoms with Gasteiger partial charge in [0, 0.05) is 13.0 Å². The Kier molecular flexibility index (Phi) is 5.98. The molecule has 0 unspecified atom stereocenters. The number of esters is 1. The zero-order valence-electron chi connectivity index (χ0n) is 17.3. The fraction of sp³-hybridized carbons (Fsp3) is 0.240. The number of ether oxygens (including phenoxy) is 1. The van der Waals surface area contributed by atoms with Crippen LogP contribution in [0.2, 0.25) is 0 Å². The first-order valence-electron chi connectivity index (χ1n) is 10.4. The minimum atomic E-state index is -0.622. The molecule has 0 bridgehead atoms. The minimum absolute atomic E-state index is 0.0121. The predicted molar refractivity (Wildman–Crippen MR) is 119 cm³/mol. The van der Waals surface area contributed by atoms with Crippen molar-refractivity contribution in [1.82, 2.24) is 5.32 Å². The van der Waals surface area contributed by atoms with Crippen molar-refractivity contribution in [2.24, 2.45) is 0 Å². The zero-order chi connectivity index (χ0) is 21.8. The van der Waals surface area contributed by atoms with E-state index in [1.54, 1.807) is 29.2 Å². The predicted octanol–water partition coefficient (Wildman–Crippen LogP) is 4.00. The Morgan fingerprint density at radius 3 is 2.58 bits per heavy atom. The molecule has 6 heteroatoms. The number of carbonyl (C=O) groups excluding carboxylic acids is 3. The quantitative estimate of drug-likeness (QED) is 0.617. The van der Waals surface area contributed by atoms with Crippen LogP contribution in [0.1, 0.15) is 41.7 Å². The first-order valence-corrected chi connectivity index (χ1v) is 10.4. The molecule has 6 nitrogen and oxygen atoms in total. The van der Waals surface area contributed by atoms with Gasteiger partial charge in [0.25, 0.3) is 5.91 Å². The smallest absolute Gasteiger partial charge is 0.340 e. The number of para-hydroxylation sites is 1. The average molecular weight is 416 g/mol.